The Morgan fingerprint density at radius 1 is 1.32 bits per heavy atom. The third-order valence-corrected chi connectivity index (χ3v) is 3.60. The number of nitrogens with zero attached hydrogens (tertiary/aromatic N) is 1. The molecule has 0 aromatic heterocycles. The molecule has 0 heterocycles. The number of benzene rings is 1. The summed E-state index contributed by atoms with van der Waals surface area (Å²) in [4.78, 5) is 25.2. The summed E-state index contributed by atoms with van der Waals surface area (Å²) in [6.07, 6.45) is -0.825. The van der Waals surface area contributed by atoms with E-state index in [4.69, 9.17) is 4.74 Å². The monoisotopic (exact) mass is 375 g/mol. The Balaban J connectivity index is 2.82. The van der Waals surface area contributed by atoms with Gasteiger partial charge in [0.2, 0.25) is 0 Å². The number of amides is 1. The van der Waals surface area contributed by atoms with Gasteiger partial charge in [-0.3, -0.25) is 9.59 Å². The zero-order valence-electron chi connectivity index (χ0n) is 12.9. The Bertz CT molecular complexity index is 550. The lowest BCUT2D eigenvalue weighted by molar-refractivity contribution is -0.151. The van der Waals surface area contributed by atoms with Crippen LogP contribution in [0.1, 0.15) is 20.8 Å². The van der Waals surface area contributed by atoms with Crippen LogP contribution in [0.4, 0.5) is 4.39 Å². The summed E-state index contributed by atoms with van der Waals surface area (Å²) in [5, 5.41) is 0. The van der Waals surface area contributed by atoms with Gasteiger partial charge in [-0.25, -0.2) is 4.39 Å². The van der Waals surface area contributed by atoms with Crippen LogP contribution in [-0.4, -0.2) is 42.6 Å². The number of carbonyl (C=O) groups is 2. The molecule has 0 spiro atoms. The van der Waals surface area contributed by atoms with Crippen LogP contribution in [0.5, 0.6) is 5.75 Å². The molecule has 0 aliphatic rings. The molecule has 1 rings (SSSR count). The van der Waals surface area contributed by atoms with Crippen molar-refractivity contribution in [3.8, 4) is 5.75 Å². The molecule has 1 aromatic rings. The van der Waals surface area contributed by atoms with Crippen LogP contribution in [0.3, 0.4) is 0 Å². The minimum atomic E-state index is -0.825. The van der Waals surface area contributed by atoms with Crippen molar-refractivity contribution in [1.82, 2.24) is 4.90 Å². The average Bonchev–Trinajstić information content (AvgIpc) is 2.46. The molecule has 122 valence electrons. The number of rotatable bonds is 6. The highest BCUT2D eigenvalue weighted by Crippen LogP contribution is 2.26. The number of ether oxygens (including phenoxy) is 2. The van der Waals surface area contributed by atoms with Crippen molar-refractivity contribution in [3.05, 3.63) is 28.5 Å². The molecule has 0 N–H and O–H groups in total. The molecule has 0 saturated carbocycles. The SMILES string of the molecule is COC(=O)CN(C(=O)C(C)Oc1ccc(F)cc1Br)C(C)C. The first-order chi connectivity index (χ1) is 10.3. The van der Waals surface area contributed by atoms with Gasteiger partial charge in [0, 0.05) is 6.04 Å². The summed E-state index contributed by atoms with van der Waals surface area (Å²) >= 11 is 3.18. The maximum atomic E-state index is 13.0. The first-order valence-corrected chi connectivity index (χ1v) is 7.54. The summed E-state index contributed by atoms with van der Waals surface area (Å²) in [6, 6.07) is 3.74. The van der Waals surface area contributed by atoms with Gasteiger partial charge in [0.1, 0.15) is 18.1 Å². The lowest BCUT2D eigenvalue weighted by Gasteiger charge is -2.28. The lowest BCUT2D eigenvalue weighted by atomic mass is 10.2. The van der Waals surface area contributed by atoms with E-state index in [1.165, 1.54) is 30.2 Å². The normalized spacial score (nSPS) is 12.0. The van der Waals surface area contributed by atoms with Gasteiger partial charge in [0.05, 0.1) is 11.6 Å². The molecule has 1 amide bonds. The highest BCUT2D eigenvalue weighted by atomic mass is 79.9. The fourth-order valence-electron chi connectivity index (χ4n) is 1.76. The fraction of sp³-hybridized carbons (Fsp3) is 0.467. The van der Waals surface area contributed by atoms with E-state index in [9.17, 15) is 14.0 Å². The highest BCUT2D eigenvalue weighted by Gasteiger charge is 2.27. The maximum Gasteiger partial charge on any atom is 0.325 e. The van der Waals surface area contributed by atoms with Crippen LogP contribution in [0.15, 0.2) is 22.7 Å². The number of esters is 1. The molecule has 0 bridgehead atoms. The van der Waals surface area contributed by atoms with E-state index in [1.54, 1.807) is 20.8 Å². The van der Waals surface area contributed by atoms with Crippen molar-refractivity contribution in [3.63, 3.8) is 0 Å². The number of carbonyl (C=O) groups excluding carboxylic acids is 2. The third-order valence-electron chi connectivity index (χ3n) is 2.98. The standard InChI is InChI=1S/C15H19BrFNO4/c1-9(2)18(8-14(19)21-4)15(20)10(3)22-13-6-5-11(17)7-12(13)16/h5-7,9-10H,8H2,1-4H3. The molecule has 0 radical (unpaired) electrons. The minimum absolute atomic E-state index is 0.148. The number of halogens is 2. The first-order valence-electron chi connectivity index (χ1n) is 6.75. The highest BCUT2D eigenvalue weighted by molar-refractivity contribution is 9.10. The van der Waals surface area contributed by atoms with Gasteiger partial charge in [-0.15, -0.1) is 0 Å². The van der Waals surface area contributed by atoms with Crippen LogP contribution in [0, 0.1) is 5.82 Å². The maximum absolute atomic E-state index is 13.0. The van der Waals surface area contributed by atoms with E-state index in [-0.39, 0.29) is 18.5 Å². The molecule has 22 heavy (non-hydrogen) atoms. The van der Waals surface area contributed by atoms with Gasteiger partial charge >= 0.3 is 5.97 Å². The van der Waals surface area contributed by atoms with E-state index < -0.39 is 17.9 Å². The van der Waals surface area contributed by atoms with Gasteiger partial charge in [0.15, 0.2) is 6.10 Å². The first kappa shape index (κ1) is 18.4. The van der Waals surface area contributed by atoms with Gasteiger partial charge in [-0.2, -0.15) is 0 Å². The second-order valence-electron chi connectivity index (χ2n) is 4.97. The fourth-order valence-corrected chi connectivity index (χ4v) is 2.21. The van der Waals surface area contributed by atoms with Gasteiger partial charge < -0.3 is 14.4 Å². The van der Waals surface area contributed by atoms with Crippen molar-refractivity contribution in [2.45, 2.75) is 32.9 Å². The van der Waals surface area contributed by atoms with E-state index in [2.05, 4.69) is 20.7 Å². The molecule has 0 saturated heterocycles. The van der Waals surface area contributed by atoms with Crippen LogP contribution >= 0.6 is 15.9 Å². The molecule has 1 atom stereocenters. The summed E-state index contributed by atoms with van der Waals surface area (Å²) in [5.74, 6) is -0.912. The third kappa shape index (κ3) is 4.98. The summed E-state index contributed by atoms with van der Waals surface area (Å²) < 4.78 is 23.6. The predicted octanol–water partition coefficient (Wildman–Crippen LogP) is 2.77. The van der Waals surface area contributed by atoms with Gasteiger partial charge in [-0.1, -0.05) is 0 Å². The molecule has 1 unspecified atom stereocenters. The molecule has 7 heteroatoms. The van der Waals surface area contributed by atoms with Crippen molar-refractivity contribution >= 4 is 27.8 Å². The zero-order chi connectivity index (χ0) is 16.9. The molecule has 0 aliphatic heterocycles. The second-order valence-corrected chi connectivity index (χ2v) is 5.83. The van der Waals surface area contributed by atoms with Crippen molar-refractivity contribution in [1.29, 1.82) is 0 Å². The Hall–Kier alpha value is -1.63. The zero-order valence-corrected chi connectivity index (χ0v) is 14.5. The predicted molar refractivity (Wildman–Crippen MR) is 83.1 cm³/mol. The summed E-state index contributed by atoms with van der Waals surface area (Å²) in [5.41, 5.74) is 0. The molecule has 0 aliphatic carbocycles. The minimum Gasteiger partial charge on any atom is -0.480 e. The molecule has 0 fully saturated rings. The molecule has 5 nitrogen and oxygen atoms in total. The Morgan fingerprint density at radius 2 is 1.95 bits per heavy atom. The number of methoxy groups -OCH3 is 1. The van der Waals surface area contributed by atoms with E-state index in [0.29, 0.717) is 10.2 Å². The largest absolute Gasteiger partial charge is 0.480 e. The molecule has 1 aromatic carbocycles. The van der Waals surface area contributed by atoms with Crippen LogP contribution < -0.4 is 4.74 Å². The van der Waals surface area contributed by atoms with E-state index in [1.807, 2.05) is 0 Å². The summed E-state index contributed by atoms with van der Waals surface area (Å²) in [6.45, 7) is 5.01. The smallest absolute Gasteiger partial charge is 0.325 e. The lowest BCUT2D eigenvalue weighted by Crippen LogP contribution is -2.47. The van der Waals surface area contributed by atoms with Gasteiger partial charge in [-0.05, 0) is 54.9 Å². The van der Waals surface area contributed by atoms with Gasteiger partial charge in [0.25, 0.3) is 5.91 Å². The number of hydrogen-bond acceptors (Lipinski definition) is 4. The van der Waals surface area contributed by atoms with E-state index >= 15 is 0 Å². The Morgan fingerprint density at radius 3 is 2.45 bits per heavy atom. The average molecular weight is 376 g/mol. The molecular weight excluding hydrogens is 357 g/mol. The van der Waals surface area contributed by atoms with Crippen LogP contribution in [0.25, 0.3) is 0 Å². The number of hydrogen-bond donors (Lipinski definition) is 0. The molecular formula is C15H19BrFNO4. The van der Waals surface area contributed by atoms with Crippen molar-refractivity contribution in [2.24, 2.45) is 0 Å². The van der Waals surface area contributed by atoms with Crippen molar-refractivity contribution < 1.29 is 23.5 Å². The Labute approximate surface area is 137 Å². The summed E-state index contributed by atoms with van der Waals surface area (Å²) in [7, 11) is 1.26. The van der Waals surface area contributed by atoms with Crippen LogP contribution in [0.2, 0.25) is 0 Å². The topological polar surface area (TPSA) is 55.8 Å². The second kappa shape index (κ2) is 8.12. The van der Waals surface area contributed by atoms with Crippen molar-refractivity contribution in [2.75, 3.05) is 13.7 Å². The van der Waals surface area contributed by atoms with E-state index in [0.717, 1.165) is 0 Å². The van der Waals surface area contributed by atoms with Crippen LogP contribution in [-0.2, 0) is 14.3 Å². The Kier molecular flexibility index (Phi) is 6.80. The quantitative estimate of drug-likeness (QED) is 0.717.